The van der Waals surface area contributed by atoms with E-state index < -0.39 is 0 Å². The summed E-state index contributed by atoms with van der Waals surface area (Å²) in [7, 11) is 0. The number of hydrogen-bond acceptors (Lipinski definition) is 3. The first-order chi connectivity index (χ1) is 15.1. The van der Waals surface area contributed by atoms with E-state index in [1.807, 2.05) is 0 Å². The molecule has 4 rings (SSSR count). The van der Waals surface area contributed by atoms with Crippen LogP contribution in [0.1, 0.15) is 106 Å². The summed E-state index contributed by atoms with van der Waals surface area (Å²) in [6.45, 7) is 13.6. The van der Waals surface area contributed by atoms with E-state index in [9.17, 15) is 9.59 Å². The van der Waals surface area contributed by atoms with Crippen molar-refractivity contribution < 1.29 is 14.3 Å². The Morgan fingerprint density at radius 2 is 1.81 bits per heavy atom. The quantitative estimate of drug-likeness (QED) is 0.324. The van der Waals surface area contributed by atoms with Crippen LogP contribution in [0.2, 0.25) is 0 Å². The Labute approximate surface area is 196 Å². The van der Waals surface area contributed by atoms with Crippen molar-refractivity contribution in [2.45, 2.75) is 112 Å². The van der Waals surface area contributed by atoms with Crippen molar-refractivity contribution in [3.8, 4) is 0 Å². The lowest BCUT2D eigenvalue weighted by Crippen LogP contribution is -2.54. The second kappa shape index (κ2) is 8.91. The molecule has 0 bridgehead atoms. The average Bonchev–Trinajstić information content (AvgIpc) is 3.05. The van der Waals surface area contributed by atoms with Gasteiger partial charge in [0.15, 0.2) is 0 Å². The number of hydrogen-bond donors (Lipinski definition) is 0. The third-order valence-electron chi connectivity index (χ3n) is 10.4. The van der Waals surface area contributed by atoms with Crippen molar-refractivity contribution >= 4 is 11.8 Å². The standard InChI is InChI=1S/C29H46O3/c1-18(2)8-7-9-19(3)23-10-11-24-27-25(13-15-29(23,24)6)28(5)14-12-22(32-20(4)30)16-21(28)17-26(27)31/h16,18-19,22-25,27H,7-15,17H2,1-6H3/t19?,22-,23?,24?,25?,27?,28-,29+/m0/s1. The molecule has 0 aromatic carbocycles. The molecule has 3 saturated carbocycles. The number of fused-ring (bicyclic) bond motifs is 5. The molecule has 32 heavy (non-hydrogen) atoms. The van der Waals surface area contributed by atoms with Gasteiger partial charge in [-0.15, -0.1) is 0 Å². The zero-order valence-corrected chi connectivity index (χ0v) is 21.4. The molecule has 0 amide bonds. The Bertz CT molecular complexity index is 766. The lowest BCUT2D eigenvalue weighted by molar-refractivity contribution is -0.146. The molecule has 0 radical (unpaired) electrons. The highest BCUT2D eigenvalue weighted by Gasteiger charge is 2.61. The van der Waals surface area contributed by atoms with Crippen LogP contribution >= 0.6 is 0 Å². The first-order valence-corrected chi connectivity index (χ1v) is 13.5. The van der Waals surface area contributed by atoms with E-state index in [1.54, 1.807) is 0 Å². The highest BCUT2D eigenvalue weighted by Crippen LogP contribution is 2.67. The molecule has 0 aromatic heterocycles. The van der Waals surface area contributed by atoms with Crippen LogP contribution in [0.4, 0.5) is 0 Å². The predicted octanol–water partition coefficient (Wildman–Crippen LogP) is 7.14. The summed E-state index contributed by atoms with van der Waals surface area (Å²) in [4.78, 5) is 25.1. The van der Waals surface area contributed by atoms with Crippen LogP contribution in [0.15, 0.2) is 11.6 Å². The fraction of sp³-hybridized carbons (Fsp3) is 0.862. The molecule has 8 atom stereocenters. The van der Waals surface area contributed by atoms with Gasteiger partial charge in [0.05, 0.1) is 0 Å². The van der Waals surface area contributed by atoms with E-state index in [2.05, 4.69) is 40.7 Å². The van der Waals surface area contributed by atoms with Crippen LogP contribution in [-0.2, 0) is 14.3 Å². The fourth-order valence-corrected chi connectivity index (χ4v) is 8.72. The van der Waals surface area contributed by atoms with Crippen LogP contribution in [0, 0.1) is 46.3 Å². The van der Waals surface area contributed by atoms with Crippen LogP contribution in [-0.4, -0.2) is 17.9 Å². The molecule has 3 fully saturated rings. The van der Waals surface area contributed by atoms with Crippen molar-refractivity contribution in [3.05, 3.63) is 11.6 Å². The highest BCUT2D eigenvalue weighted by molar-refractivity contribution is 5.86. The minimum Gasteiger partial charge on any atom is -0.458 e. The van der Waals surface area contributed by atoms with E-state index in [4.69, 9.17) is 4.74 Å². The Morgan fingerprint density at radius 1 is 1.06 bits per heavy atom. The van der Waals surface area contributed by atoms with Crippen LogP contribution in [0.25, 0.3) is 0 Å². The molecule has 0 aliphatic heterocycles. The van der Waals surface area contributed by atoms with Gasteiger partial charge in [-0.05, 0) is 85.0 Å². The number of rotatable bonds is 6. The summed E-state index contributed by atoms with van der Waals surface area (Å²) in [5, 5.41) is 0. The first-order valence-electron chi connectivity index (χ1n) is 13.5. The van der Waals surface area contributed by atoms with Gasteiger partial charge < -0.3 is 4.74 Å². The van der Waals surface area contributed by atoms with E-state index in [0.717, 1.165) is 30.6 Å². The first kappa shape index (κ1) is 24.0. The summed E-state index contributed by atoms with van der Waals surface area (Å²) in [5.74, 6) is 3.88. The Hall–Kier alpha value is -1.12. The molecular weight excluding hydrogens is 396 g/mol. The number of ketones is 1. The van der Waals surface area contributed by atoms with E-state index >= 15 is 0 Å². The van der Waals surface area contributed by atoms with E-state index in [0.29, 0.717) is 29.5 Å². The number of allylic oxidation sites excluding steroid dienone is 1. The van der Waals surface area contributed by atoms with Gasteiger partial charge in [0.1, 0.15) is 11.9 Å². The maximum atomic E-state index is 13.6. The molecule has 180 valence electrons. The zero-order chi connectivity index (χ0) is 23.3. The fourth-order valence-electron chi connectivity index (χ4n) is 8.72. The number of Topliss-reactive ketones (excluding diaryl/α,β-unsaturated/α-hetero) is 1. The van der Waals surface area contributed by atoms with Gasteiger partial charge in [-0.25, -0.2) is 0 Å². The summed E-state index contributed by atoms with van der Waals surface area (Å²) in [5.41, 5.74) is 1.71. The summed E-state index contributed by atoms with van der Waals surface area (Å²) in [6, 6.07) is 0. The summed E-state index contributed by atoms with van der Waals surface area (Å²) in [6.07, 6.45) is 13.6. The van der Waals surface area contributed by atoms with Crippen molar-refractivity contribution in [2.75, 3.05) is 0 Å². The number of esters is 1. The monoisotopic (exact) mass is 442 g/mol. The van der Waals surface area contributed by atoms with Crippen LogP contribution in [0.3, 0.4) is 0 Å². The largest absolute Gasteiger partial charge is 0.458 e. The van der Waals surface area contributed by atoms with Crippen molar-refractivity contribution in [3.63, 3.8) is 0 Å². The minimum atomic E-state index is -0.219. The molecule has 4 aliphatic carbocycles. The second-order valence-electron chi connectivity index (χ2n) is 12.7. The van der Waals surface area contributed by atoms with Crippen LogP contribution in [0.5, 0.6) is 0 Å². The van der Waals surface area contributed by atoms with Crippen molar-refractivity contribution in [2.24, 2.45) is 46.3 Å². The maximum Gasteiger partial charge on any atom is 0.303 e. The lowest BCUT2D eigenvalue weighted by atomic mass is 9.46. The van der Waals surface area contributed by atoms with Gasteiger partial charge in [0.2, 0.25) is 0 Å². The van der Waals surface area contributed by atoms with Gasteiger partial charge in [-0.3, -0.25) is 9.59 Å². The van der Waals surface area contributed by atoms with Crippen molar-refractivity contribution in [1.82, 2.24) is 0 Å². The average molecular weight is 443 g/mol. The molecule has 0 heterocycles. The van der Waals surface area contributed by atoms with Crippen LogP contribution < -0.4 is 0 Å². The highest BCUT2D eigenvalue weighted by atomic mass is 16.5. The van der Waals surface area contributed by atoms with E-state index in [1.165, 1.54) is 57.4 Å². The third-order valence-corrected chi connectivity index (χ3v) is 10.4. The third kappa shape index (κ3) is 4.11. The van der Waals surface area contributed by atoms with Gasteiger partial charge in [0, 0.05) is 19.3 Å². The van der Waals surface area contributed by atoms with Gasteiger partial charge >= 0.3 is 5.97 Å². The molecule has 0 N–H and O–H groups in total. The zero-order valence-electron chi connectivity index (χ0n) is 21.4. The summed E-state index contributed by atoms with van der Waals surface area (Å²) < 4.78 is 5.50. The van der Waals surface area contributed by atoms with Gasteiger partial charge in [-0.1, -0.05) is 59.5 Å². The minimum absolute atomic E-state index is 0.109. The molecule has 5 unspecified atom stereocenters. The summed E-state index contributed by atoms with van der Waals surface area (Å²) >= 11 is 0. The van der Waals surface area contributed by atoms with Gasteiger partial charge in [-0.2, -0.15) is 0 Å². The smallest absolute Gasteiger partial charge is 0.303 e. The molecule has 0 aromatic rings. The molecule has 3 heteroatoms. The predicted molar refractivity (Wildman–Crippen MR) is 129 cm³/mol. The Kier molecular flexibility index (Phi) is 6.69. The second-order valence-corrected chi connectivity index (χ2v) is 12.7. The molecule has 4 aliphatic rings. The molecule has 3 nitrogen and oxygen atoms in total. The molecular formula is C29H46O3. The SMILES string of the molecule is CC(=O)O[C@@H]1C=C2CC(=O)C3C4CCC(C(C)CCCC(C)C)[C@@]4(C)CCC3[C@@]2(C)CC1. The van der Waals surface area contributed by atoms with Gasteiger partial charge in [0.25, 0.3) is 0 Å². The Balaban J connectivity index is 1.52. The topological polar surface area (TPSA) is 43.4 Å². The lowest BCUT2D eigenvalue weighted by Gasteiger charge is -2.58. The van der Waals surface area contributed by atoms with E-state index in [-0.39, 0.29) is 23.4 Å². The maximum absolute atomic E-state index is 13.6. The molecule has 0 spiro atoms. The number of carbonyl (C=O) groups excluding carboxylic acids is 2. The number of ether oxygens (including phenoxy) is 1. The normalized spacial score (nSPS) is 42.0. The van der Waals surface area contributed by atoms with Crippen molar-refractivity contribution in [1.29, 1.82) is 0 Å². The Morgan fingerprint density at radius 3 is 2.50 bits per heavy atom. The number of carbonyl (C=O) groups is 2. The molecule has 0 saturated heterocycles.